The van der Waals surface area contributed by atoms with Gasteiger partial charge in [-0.05, 0) is 36.4 Å². The Morgan fingerprint density at radius 1 is 1.08 bits per heavy atom. The van der Waals surface area contributed by atoms with Crippen LogP contribution in [-0.2, 0) is 14.8 Å². The summed E-state index contributed by atoms with van der Waals surface area (Å²) in [6, 6.07) is 13.4. The smallest absolute Gasteiger partial charge is 0.229 e. The summed E-state index contributed by atoms with van der Waals surface area (Å²) < 4.78 is 30.5. The molecular weight excluding hydrogens is 352 g/mol. The van der Waals surface area contributed by atoms with Gasteiger partial charge in [0.05, 0.1) is 30.7 Å². The van der Waals surface area contributed by atoms with Crippen LogP contribution in [-0.4, -0.2) is 27.2 Å². The van der Waals surface area contributed by atoms with E-state index in [1.165, 1.54) is 0 Å². The van der Waals surface area contributed by atoms with E-state index in [-0.39, 0.29) is 18.9 Å². The van der Waals surface area contributed by atoms with E-state index in [2.05, 4.69) is 10.0 Å². The Balaban J connectivity index is 1.89. The van der Waals surface area contributed by atoms with Crippen LogP contribution in [0.2, 0.25) is 5.02 Å². The highest BCUT2D eigenvalue weighted by molar-refractivity contribution is 7.92. The van der Waals surface area contributed by atoms with Crippen molar-refractivity contribution in [2.45, 2.75) is 6.42 Å². The van der Waals surface area contributed by atoms with Crippen molar-refractivity contribution >= 4 is 38.9 Å². The number of nitrogens with one attached hydrogen (secondary N) is 2. The van der Waals surface area contributed by atoms with Gasteiger partial charge in [0.1, 0.15) is 5.75 Å². The Labute approximate surface area is 145 Å². The van der Waals surface area contributed by atoms with Crippen molar-refractivity contribution in [3.05, 3.63) is 53.6 Å². The third kappa shape index (κ3) is 6.10. The number of anilines is 2. The van der Waals surface area contributed by atoms with Crippen molar-refractivity contribution in [3.63, 3.8) is 0 Å². The van der Waals surface area contributed by atoms with Crippen LogP contribution in [0.15, 0.2) is 48.5 Å². The van der Waals surface area contributed by atoms with Crippen LogP contribution >= 0.6 is 11.6 Å². The molecule has 6 nitrogen and oxygen atoms in total. The van der Waals surface area contributed by atoms with E-state index in [9.17, 15) is 13.2 Å². The van der Waals surface area contributed by atoms with Gasteiger partial charge >= 0.3 is 0 Å². The molecule has 0 aromatic heterocycles. The fraction of sp³-hybridized carbons (Fsp3) is 0.188. The van der Waals surface area contributed by atoms with Gasteiger partial charge in [-0.25, -0.2) is 8.42 Å². The lowest BCUT2D eigenvalue weighted by molar-refractivity contribution is -0.116. The number of benzene rings is 2. The maximum absolute atomic E-state index is 12.0. The number of halogens is 1. The topological polar surface area (TPSA) is 84.5 Å². The molecule has 0 saturated heterocycles. The molecule has 2 aromatic rings. The van der Waals surface area contributed by atoms with Crippen molar-refractivity contribution in [2.24, 2.45) is 0 Å². The molecular formula is C16H17ClN2O4S. The van der Waals surface area contributed by atoms with E-state index < -0.39 is 10.0 Å². The molecule has 0 unspecified atom stereocenters. The molecule has 8 heteroatoms. The molecule has 0 bridgehead atoms. The third-order valence-electron chi connectivity index (χ3n) is 2.91. The van der Waals surface area contributed by atoms with Crippen molar-refractivity contribution in [1.29, 1.82) is 0 Å². The van der Waals surface area contributed by atoms with Gasteiger partial charge in [-0.2, -0.15) is 0 Å². The molecule has 1 amide bonds. The molecule has 2 aromatic carbocycles. The maximum Gasteiger partial charge on any atom is 0.229 e. The fourth-order valence-electron chi connectivity index (χ4n) is 1.89. The monoisotopic (exact) mass is 368 g/mol. The molecule has 0 radical (unpaired) electrons. The average molecular weight is 369 g/mol. The van der Waals surface area contributed by atoms with E-state index in [4.69, 9.17) is 16.3 Å². The predicted molar refractivity (Wildman–Crippen MR) is 95.1 cm³/mol. The lowest BCUT2D eigenvalue weighted by Crippen LogP contribution is -2.17. The average Bonchev–Trinajstić information content (AvgIpc) is 2.50. The predicted octanol–water partition coefficient (Wildman–Crippen LogP) is 3.12. The van der Waals surface area contributed by atoms with Crippen LogP contribution in [0.4, 0.5) is 11.4 Å². The zero-order valence-electron chi connectivity index (χ0n) is 13.0. The lowest BCUT2D eigenvalue weighted by Gasteiger charge is -2.12. The zero-order chi connectivity index (χ0) is 17.6. The Kier molecular flexibility index (Phi) is 6.05. The first-order chi connectivity index (χ1) is 11.3. The minimum Gasteiger partial charge on any atom is -0.493 e. The van der Waals surface area contributed by atoms with E-state index in [1.54, 1.807) is 48.5 Å². The number of carbonyl (C=O) groups excluding carboxylic acids is 1. The standard InChI is InChI=1S/C16H17ClN2O4S/c1-24(21,22)19-15-5-3-2-4-14(15)18-16(20)10-11-23-13-8-6-12(17)7-9-13/h2-9,19H,10-11H2,1H3,(H,18,20). The van der Waals surface area contributed by atoms with Gasteiger partial charge in [0, 0.05) is 5.02 Å². The molecule has 0 spiro atoms. The summed E-state index contributed by atoms with van der Waals surface area (Å²) in [4.78, 5) is 12.0. The van der Waals surface area contributed by atoms with Gasteiger partial charge < -0.3 is 10.1 Å². The molecule has 0 atom stereocenters. The van der Waals surface area contributed by atoms with Gasteiger partial charge in [-0.3, -0.25) is 9.52 Å². The highest BCUT2D eigenvalue weighted by atomic mass is 35.5. The molecule has 0 aliphatic heterocycles. The fourth-order valence-corrected chi connectivity index (χ4v) is 2.59. The zero-order valence-corrected chi connectivity index (χ0v) is 14.5. The van der Waals surface area contributed by atoms with Crippen LogP contribution < -0.4 is 14.8 Å². The molecule has 24 heavy (non-hydrogen) atoms. The van der Waals surface area contributed by atoms with Crippen LogP contribution in [0.5, 0.6) is 5.75 Å². The first-order valence-electron chi connectivity index (χ1n) is 7.08. The minimum absolute atomic E-state index is 0.121. The van der Waals surface area contributed by atoms with Crippen LogP contribution in [0.3, 0.4) is 0 Å². The summed E-state index contributed by atoms with van der Waals surface area (Å²) in [6.07, 6.45) is 1.17. The quantitative estimate of drug-likeness (QED) is 0.786. The second-order valence-corrected chi connectivity index (χ2v) is 7.21. The molecule has 128 valence electrons. The number of hydrogen-bond acceptors (Lipinski definition) is 4. The molecule has 0 heterocycles. The normalized spacial score (nSPS) is 10.9. The number of sulfonamides is 1. The first kappa shape index (κ1) is 18.1. The van der Waals surface area contributed by atoms with Crippen LogP contribution in [0.25, 0.3) is 0 Å². The van der Waals surface area contributed by atoms with Gasteiger partial charge in [0.15, 0.2) is 0 Å². The van der Waals surface area contributed by atoms with E-state index in [1.807, 2.05) is 0 Å². The van der Waals surface area contributed by atoms with Crippen molar-refractivity contribution < 1.29 is 17.9 Å². The highest BCUT2D eigenvalue weighted by Gasteiger charge is 2.10. The molecule has 0 aliphatic rings. The summed E-state index contributed by atoms with van der Waals surface area (Å²) >= 11 is 5.78. The number of amides is 1. The molecule has 0 fully saturated rings. The molecule has 0 saturated carbocycles. The number of ether oxygens (including phenoxy) is 1. The Hall–Kier alpha value is -2.25. The van der Waals surface area contributed by atoms with Crippen molar-refractivity contribution in [2.75, 3.05) is 22.9 Å². The van der Waals surface area contributed by atoms with Crippen LogP contribution in [0.1, 0.15) is 6.42 Å². The van der Waals surface area contributed by atoms with Crippen molar-refractivity contribution in [1.82, 2.24) is 0 Å². The Morgan fingerprint density at radius 3 is 2.33 bits per heavy atom. The highest BCUT2D eigenvalue weighted by Crippen LogP contribution is 2.22. The van der Waals surface area contributed by atoms with Crippen LogP contribution in [0, 0.1) is 0 Å². The van der Waals surface area contributed by atoms with E-state index >= 15 is 0 Å². The SMILES string of the molecule is CS(=O)(=O)Nc1ccccc1NC(=O)CCOc1ccc(Cl)cc1. The Morgan fingerprint density at radius 2 is 1.71 bits per heavy atom. The number of hydrogen-bond donors (Lipinski definition) is 2. The third-order valence-corrected chi connectivity index (χ3v) is 3.75. The van der Waals surface area contributed by atoms with E-state index in [0.717, 1.165) is 6.26 Å². The number of rotatable bonds is 7. The summed E-state index contributed by atoms with van der Waals surface area (Å²) in [6.45, 7) is 0.190. The number of para-hydroxylation sites is 2. The minimum atomic E-state index is -3.43. The molecule has 2 rings (SSSR count). The summed E-state index contributed by atoms with van der Waals surface area (Å²) in [5.74, 6) is 0.332. The van der Waals surface area contributed by atoms with Gasteiger partial charge in [-0.1, -0.05) is 23.7 Å². The van der Waals surface area contributed by atoms with E-state index in [0.29, 0.717) is 22.1 Å². The Bertz CT molecular complexity index is 807. The van der Waals surface area contributed by atoms with Crippen molar-refractivity contribution in [3.8, 4) is 5.75 Å². The summed E-state index contributed by atoms with van der Waals surface area (Å²) in [5, 5.41) is 3.27. The van der Waals surface area contributed by atoms with Gasteiger partial charge in [-0.15, -0.1) is 0 Å². The summed E-state index contributed by atoms with van der Waals surface area (Å²) in [7, 11) is -3.43. The molecule has 0 aliphatic carbocycles. The second-order valence-electron chi connectivity index (χ2n) is 5.02. The first-order valence-corrected chi connectivity index (χ1v) is 9.35. The lowest BCUT2D eigenvalue weighted by atomic mass is 10.2. The largest absolute Gasteiger partial charge is 0.493 e. The molecule has 2 N–H and O–H groups in total. The second kappa shape index (κ2) is 8.03. The van der Waals surface area contributed by atoms with Gasteiger partial charge in [0.25, 0.3) is 0 Å². The van der Waals surface area contributed by atoms with Gasteiger partial charge in [0.2, 0.25) is 15.9 Å². The maximum atomic E-state index is 12.0. The number of carbonyl (C=O) groups is 1. The summed E-state index contributed by atoms with van der Waals surface area (Å²) in [5.41, 5.74) is 0.700.